The first-order valence-electron chi connectivity index (χ1n) is 3.45. The third-order valence-electron chi connectivity index (χ3n) is 1.55. The molecule has 2 N–H and O–H groups in total. The average Bonchev–Trinajstić information content (AvgIpc) is 2.05. The monoisotopic (exact) mass is 136 g/mol. The molecule has 1 rings (SSSR count). The van der Waals surface area contributed by atoms with E-state index in [0.29, 0.717) is 12.5 Å². The molecule has 0 aliphatic rings. The molecule has 10 heavy (non-hydrogen) atoms. The van der Waals surface area contributed by atoms with Crippen molar-refractivity contribution in [2.24, 2.45) is 5.73 Å². The van der Waals surface area contributed by atoms with Crippen LogP contribution in [0.4, 0.5) is 0 Å². The van der Waals surface area contributed by atoms with Crippen molar-refractivity contribution in [3.8, 4) is 0 Å². The minimum absolute atomic E-state index is 0.376. The Labute approximate surface area is 61.1 Å². The van der Waals surface area contributed by atoms with Gasteiger partial charge in [-0.25, -0.2) is 0 Å². The quantitative estimate of drug-likeness (QED) is 0.662. The normalized spacial score (nSPS) is 13.0. The first-order chi connectivity index (χ1) is 4.84. The number of nitrogens with zero attached hydrogens (tertiary/aromatic N) is 1. The van der Waals surface area contributed by atoms with Crippen molar-refractivity contribution in [2.75, 3.05) is 6.54 Å². The van der Waals surface area contributed by atoms with E-state index in [1.165, 1.54) is 0 Å². The fourth-order valence-electron chi connectivity index (χ4n) is 0.788. The summed E-state index contributed by atoms with van der Waals surface area (Å²) in [5, 5.41) is 0. The minimum Gasteiger partial charge on any atom is -0.330 e. The third kappa shape index (κ3) is 1.54. The Morgan fingerprint density at radius 1 is 1.60 bits per heavy atom. The van der Waals surface area contributed by atoms with Crippen molar-refractivity contribution in [2.45, 2.75) is 12.8 Å². The molecule has 2 heteroatoms. The maximum atomic E-state index is 5.46. The Kier molecular flexibility index (Phi) is 2.40. The summed E-state index contributed by atoms with van der Waals surface area (Å²) in [6.45, 7) is 2.74. The summed E-state index contributed by atoms with van der Waals surface area (Å²) in [6.07, 6.45) is 1.79. The van der Waals surface area contributed by atoms with Crippen molar-refractivity contribution in [3.63, 3.8) is 0 Å². The summed E-state index contributed by atoms with van der Waals surface area (Å²) in [6, 6.07) is 5.89. The fourth-order valence-corrected chi connectivity index (χ4v) is 0.788. The van der Waals surface area contributed by atoms with Crippen LogP contribution in [0.15, 0.2) is 24.4 Å². The van der Waals surface area contributed by atoms with Gasteiger partial charge in [-0.1, -0.05) is 13.0 Å². The van der Waals surface area contributed by atoms with Gasteiger partial charge in [0.05, 0.1) is 0 Å². The van der Waals surface area contributed by atoms with Gasteiger partial charge in [0.2, 0.25) is 0 Å². The van der Waals surface area contributed by atoms with E-state index in [-0.39, 0.29) is 0 Å². The van der Waals surface area contributed by atoms with Crippen LogP contribution < -0.4 is 5.73 Å². The van der Waals surface area contributed by atoms with Gasteiger partial charge in [0.1, 0.15) is 0 Å². The van der Waals surface area contributed by atoms with Crippen LogP contribution in [0.25, 0.3) is 0 Å². The first-order valence-corrected chi connectivity index (χ1v) is 3.45. The second-order valence-electron chi connectivity index (χ2n) is 2.39. The van der Waals surface area contributed by atoms with Crippen LogP contribution in [0.1, 0.15) is 18.5 Å². The summed E-state index contributed by atoms with van der Waals surface area (Å²) >= 11 is 0. The second kappa shape index (κ2) is 3.32. The zero-order chi connectivity index (χ0) is 7.40. The van der Waals surface area contributed by atoms with Gasteiger partial charge in [0.15, 0.2) is 0 Å². The average molecular weight is 136 g/mol. The number of hydrogen-bond acceptors (Lipinski definition) is 2. The van der Waals surface area contributed by atoms with Crippen LogP contribution in [-0.4, -0.2) is 11.5 Å². The zero-order valence-corrected chi connectivity index (χ0v) is 6.12. The van der Waals surface area contributed by atoms with Crippen molar-refractivity contribution in [1.29, 1.82) is 0 Å². The highest BCUT2D eigenvalue weighted by Gasteiger charge is 2.01. The Hall–Kier alpha value is -0.890. The molecule has 2 nitrogen and oxygen atoms in total. The van der Waals surface area contributed by atoms with Crippen molar-refractivity contribution in [1.82, 2.24) is 4.98 Å². The van der Waals surface area contributed by atoms with E-state index in [2.05, 4.69) is 11.9 Å². The van der Waals surface area contributed by atoms with Gasteiger partial charge < -0.3 is 5.73 Å². The molecule has 0 aliphatic carbocycles. The number of pyridine rings is 1. The molecule has 0 bridgehead atoms. The predicted octanol–water partition coefficient (Wildman–Crippen LogP) is 1.14. The molecule has 0 aliphatic heterocycles. The van der Waals surface area contributed by atoms with Crippen molar-refractivity contribution in [3.05, 3.63) is 30.1 Å². The maximum Gasteiger partial charge on any atom is 0.0444 e. The Morgan fingerprint density at radius 3 is 2.90 bits per heavy atom. The topological polar surface area (TPSA) is 38.9 Å². The van der Waals surface area contributed by atoms with Crippen LogP contribution in [0.3, 0.4) is 0 Å². The van der Waals surface area contributed by atoms with Crippen molar-refractivity contribution < 1.29 is 0 Å². The van der Waals surface area contributed by atoms with E-state index < -0.39 is 0 Å². The van der Waals surface area contributed by atoms with Crippen LogP contribution in [0.2, 0.25) is 0 Å². The Balaban J connectivity index is 2.75. The molecule has 0 saturated carbocycles. The standard InChI is InChI=1S/C8H12N2/c1-7(6-9)8-4-2-3-5-10-8/h2-5,7H,6,9H2,1H3/t7-/m0/s1. The van der Waals surface area contributed by atoms with E-state index in [4.69, 9.17) is 5.73 Å². The van der Waals surface area contributed by atoms with Gasteiger partial charge >= 0.3 is 0 Å². The fraction of sp³-hybridized carbons (Fsp3) is 0.375. The molecule has 1 aromatic rings. The molecule has 0 saturated heterocycles. The molecular weight excluding hydrogens is 124 g/mol. The maximum absolute atomic E-state index is 5.46. The lowest BCUT2D eigenvalue weighted by Crippen LogP contribution is -2.09. The molecule has 1 heterocycles. The highest BCUT2D eigenvalue weighted by molar-refractivity contribution is 5.08. The largest absolute Gasteiger partial charge is 0.330 e. The summed E-state index contributed by atoms with van der Waals surface area (Å²) < 4.78 is 0. The van der Waals surface area contributed by atoms with E-state index in [9.17, 15) is 0 Å². The lowest BCUT2D eigenvalue weighted by molar-refractivity contribution is 0.745. The summed E-state index contributed by atoms with van der Waals surface area (Å²) in [5.41, 5.74) is 6.54. The molecule has 0 amide bonds. The van der Waals surface area contributed by atoms with E-state index >= 15 is 0 Å². The predicted molar refractivity (Wildman–Crippen MR) is 41.7 cm³/mol. The molecule has 0 unspecified atom stereocenters. The SMILES string of the molecule is C[C@@H](CN)c1ccccn1. The molecule has 0 spiro atoms. The minimum atomic E-state index is 0.376. The molecule has 1 atom stereocenters. The van der Waals surface area contributed by atoms with Gasteiger partial charge in [0.25, 0.3) is 0 Å². The zero-order valence-electron chi connectivity index (χ0n) is 6.12. The van der Waals surface area contributed by atoms with Crippen molar-refractivity contribution >= 4 is 0 Å². The number of hydrogen-bond donors (Lipinski definition) is 1. The number of nitrogens with two attached hydrogens (primary N) is 1. The van der Waals surface area contributed by atoms with Gasteiger partial charge in [-0.3, -0.25) is 4.98 Å². The molecule has 0 fully saturated rings. The molecule has 0 radical (unpaired) electrons. The van der Waals surface area contributed by atoms with Gasteiger partial charge in [-0.15, -0.1) is 0 Å². The molecule has 0 aromatic carbocycles. The molecular formula is C8H12N2. The van der Waals surface area contributed by atoms with Crippen LogP contribution in [0, 0.1) is 0 Å². The first kappa shape index (κ1) is 7.22. The summed E-state index contributed by atoms with van der Waals surface area (Å²) in [5.74, 6) is 0.376. The summed E-state index contributed by atoms with van der Waals surface area (Å²) in [7, 11) is 0. The van der Waals surface area contributed by atoms with Crippen LogP contribution in [0.5, 0.6) is 0 Å². The number of aromatic nitrogens is 1. The summed E-state index contributed by atoms with van der Waals surface area (Å²) in [4.78, 5) is 4.17. The highest BCUT2D eigenvalue weighted by atomic mass is 14.7. The smallest absolute Gasteiger partial charge is 0.0444 e. The Morgan fingerprint density at radius 2 is 2.40 bits per heavy atom. The van der Waals surface area contributed by atoms with Crippen LogP contribution >= 0.6 is 0 Å². The molecule has 1 aromatic heterocycles. The van der Waals surface area contributed by atoms with Gasteiger partial charge in [0, 0.05) is 24.4 Å². The molecule has 54 valence electrons. The number of rotatable bonds is 2. The highest BCUT2D eigenvalue weighted by Crippen LogP contribution is 2.08. The van der Waals surface area contributed by atoms with E-state index in [1.807, 2.05) is 18.2 Å². The Bertz CT molecular complexity index is 184. The van der Waals surface area contributed by atoms with Gasteiger partial charge in [-0.2, -0.15) is 0 Å². The lowest BCUT2D eigenvalue weighted by atomic mass is 10.1. The van der Waals surface area contributed by atoms with E-state index in [0.717, 1.165) is 5.69 Å². The lowest BCUT2D eigenvalue weighted by Gasteiger charge is -2.05. The van der Waals surface area contributed by atoms with Gasteiger partial charge in [-0.05, 0) is 12.1 Å². The third-order valence-corrected chi connectivity index (χ3v) is 1.55. The van der Waals surface area contributed by atoms with Crippen LogP contribution in [-0.2, 0) is 0 Å². The second-order valence-corrected chi connectivity index (χ2v) is 2.39. The van der Waals surface area contributed by atoms with E-state index in [1.54, 1.807) is 6.20 Å².